The number of nitrogens with one attached hydrogen (secondary N) is 3. The van der Waals surface area contributed by atoms with Crippen molar-refractivity contribution in [2.45, 2.75) is 30.3 Å². The number of carbonyl (C=O) groups excluding carboxylic acids is 1. The van der Waals surface area contributed by atoms with Crippen LogP contribution in [0.3, 0.4) is 0 Å². The molecule has 1 fully saturated rings. The number of nitrogens with zero attached hydrogens (tertiary/aromatic N) is 4. The van der Waals surface area contributed by atoms with Crippen molar-refractivity contribution in [3.8, 4) is 5.88 Å². The summed E-state index contributed by atoms with van der Waals surface area (Å²) in [6, 6.07) is 4.78. The SMILES string of the molecule is [B]C([B])([B])Oc1ncccc1Nc1cc(NC)n2ncc(C(=O)N[C@@H]3CC[C@@H]3O)c2n1. The Balaban J connectivity index is 1.67. The van der Waals surface area contributed by atoms with E-state index < -0.39 is 11.4 Å². The van der Waals surface area contributed by atoms with Crippen molar-refractivity contribution in [3.63, 3.8) is 0 Å². The van der Waals surface area contributed by atoms with Gasteiger partial charge in [0.1, 0.15) is 46.4 Å². The second-order valence-corrected chi connectivity index (χ2v) is 7.23. The van der Waals surface area contributed by atoms with Crippen molar-refractivity contribution in [1.82, 2.24) is 24.9 Å². The predicted octanol–water partition coefficient (Wildman–Crippen LogP) is -0.342. The molecule has 0 aliphatic heterocycles. The number of aliphatic hydroxyl groups is 1. The molecule has 4 N–H and O–H groups in total. The predicted molar refractivity (Wildman–Crippen MR) is 117 cm³/mol. The Morgan fingerprint density at radius 1 is 1.35 bits per heavy atom. The molecule has 0 unspecified atom stereocenters. The van der Waals surface area contributed by atoms with E-state index in [9.17, 15) is 9.90 Å². The van der Waals surface area contributed by atoms with Crippen molar-refractivity contribution in [1.29, 1.82) is 0 Å². The molecule has 1 saturated carbocycles. The van der Waals surface area contributed by atoms with Gasteiger partial charge < -0.3 is 25.8 Å². The van der Waals surface area contributed by atoms with Crippen LogP contribution in [0.2, 0.25) is 0 Å². The van der Waals surface area contributed by atoms with E-state index in [1.165, 1.54) is 16.9 Å². The first-order chi connectivity index (χ1) is 14.7. The van der Waals surface area contributed by atoms with Crippen LogP contribution in [0.5, 0.6) is 5.88 Å². The number of fused-ring (bicyclic) bond motifs is 1. The van der Waals surface area contributed by atoms with Gasteiger partial charge in [-0.25, -0.2) is 9.97 Å². The summed E-state index contributed by atoms with van der Waals surface area (Å²) in [7, 11) is 18.3. The van der Waals surface area contributed by atoms with Gasteiger partial charge in [0.05, 0.1) is 18.3 Å². The summed E-state index contributed by atoms with van der Waals surface area (Å²) >= 11 is 0. The third-order valence-electron chi connectivity index (χ3n) is 4.83. The van der Waals surface area contributed by atoms with Crippen molar-refractivity contribution >= 4 is 52.4 Å². The largest absolute Gasteiger partial charge is 0.499 e. The van der Waals surface area contributed by atoms with Crippen molar-refractivity contribution < 1.29 is 14.6 Å². The molecule has 31 heavy (non-hydrogen) atoms. The first-order valence-electron chi connectivity index (χ1n) is 9.58. The maximum Gasteiger partial charge on any atom is 0.257 e. The standard InChI is InChI=1S/C18H18B3N7O3/c1-22-14-7-13(25-11-3-2-6-23-17(11)31-18(19,20)21)27-15-9(8-24-28(14)15)16(30)26-10-4-5-12(10)29/h2-3,6-8,10,12,22,29H,4-5H2,1H3,(H,25,27)(H,26,30)/t10-,12+/m1/s1. The normalized spacial score (nSPS) is 18.3. The van der Waals surface area contributed by atoms with E-state index >= 15 is 0 Å². The third-order valence-corrected chi connectivity index (χ3v) is 4.83. The molecule has 3 aromatic rings. The molecule has 2 atom stereocenters. The van der Waals surface area contributed by atoms with Gasteiger partial charge in [-0.15, -0.1) is 0 Å². The first kappa shape index (κ1) is 21.0. The highest BCUT2D eigenvalue weighted by molar-refractivity contribution is 6.58. The summed E-state index contributed by atoms with van der Waals surface area (Å²) in [5, 5.41) is 21.0. The number of amides is 1. The van der Waals surface area contributed by atoms with Crippen LogP contribution >= 0.6 is 0 Å². The average Bonchev–Trinajstić information content (AvgIpc) is 3.14. The number of pyridine rings is 1. The monoisotopic (exact) mass is 413 g/mol. The minimum atomic E-state index is -1.92. The molecule has 0 bridgehead atoms. The van der Waals surface area contributed by atoms with Crippen molar-refractivity contribution in [3.05, 3.63) is 36.2 Å². The molecule has 0 saturated heterocycles. The number of rotatable bonds is 7. The average molecular weight is 413 g/mol. The Morgan fingerprint density at radius 2 is 2.16 bits per heavy atom. The topological polar surface area (TPSA) is 126 Å². The summed E-state index contributed by atoms with van der Waals surface area (Å²) in [4.78, 5) is 21.3. The smallest absolute Gasteiger partial charge is 0.257 e. The van der Waals surface area contributed by atoms with Gasteiger partial charge in [-0.1, -0.05) is 0 Å². The van der Waals surface area contributed by atoms with Crippen LogP contribution in [0.4, 0.5) is 17.3 Å². The Hall–Kier alpha value is -3.21. The number of aliphatic hydroxyl groups excluding tert-OH is 1. The number of carbonyl (C=O) groups is 1. The second kappa shape index (κ2) is 8.14. The van der Waals surface area contributed by atoms with Gasteiger partial charge in [-0.3, -0.25) is 4.79 Å². The maximum atomic E-state index is 12.7. The third kappa shape index (κ3) is 4.46. The van der Waals surface area contributed by atoms with Gasteiger partial charge in [0.2, 0.25) is 5.88 Å². The first-order valence-corrected chi connectivity index (χ1v) is 9.58. The fraction of sp³-hybridized carbons (Fsp3) is 0.333. The molecule has 0 spiro atoms. The molecule has 6 radical (unpaired) electrons. The Kier molecular flexibility index (Phi) is 5.53. The van der Waals surface area contributed by atoms with Gasteiger partial charge >= 0.3 is 0 Å². The molecule has 1 aliphatic carbocycles. The molecule has 1 aliphatic rings. The van der Waals surface area contributed by atoms with Crippen LogP contribution in [0, 0.1) is 0 Å². The molecular weight excluding hydrogens is 395 g/mol. The number of aromatic nitrogens is 4. The van der Waals surface area contributed by atoms with E-state index in [2.05, 4.69) is 31.0 Å². The molecule has 3 aromatic heterocycles. The lowest BCUT2D eigenvalue weighted by Crippen LogP contribution is -2.50. The minimum absolute atomic E-state index is 0.0770. The lowest BCUT2D eigenvalue weighted by molar-refractivity contribution is 0.0448. The van der Waals surface area contributed by atoms with Crippen LogP contribution in [0.1, 0.15) is 23.2 Å². The van der Waals surface area contributed by atoms with E-state index in [0.717, 1.165) is 6.42 Å². The zero-order chi connectivity index (χ0) is 22.2. The summed E-state index contributed by atoms with van der Waals surface area (Å²) < 4.78 is 6.78. The van der Waals surface area contributed by atoms with E-state index in [4.69, 9.17) is 28.3 Å². The van der Waals surface area contributed by atoms with Gasteiger partial charge in [-0.2, -0.15) is 9.61 Å². The summed E-state index contributed by atoms with van der Waals surface area (Å²) in [6.45, 7) is 0. The van der Waals surface area contributed by atoms with Crippen LogP contribution in [-0.2, 0) is 0 Å². The zero-order valence-corrected chi connectivity index (χ0v) is 16.7. The van der Waals surface area contributed by atoms with E-state index in [0.29, 0.717) is 29.4 Å². The number of hydrogen-bond donors (Lipinski definition) is 4. The highest BCUT2D eigenvalue weighted by Gasteiger charge is 2.31. The van der Waals surface area contributed by atoms with E-state index in [1.807, 2.05) is 0 Å². The van der Waals surface area contributed by atoms with Gasteiger partial charge in [0.15, 0.2) is 5.65 Å². The van der Waals surface area contributed by atoms with Gasteiger partial charge in [-0.05, 0) is 30.3 Å². The van der Waals surface area contributed by atoms with Crippen molar-refractivity contribution in [2.75, 3.05) is 17.7 Å². The Morgan fingerprint density at radius 3 is 2.81 bits per heavy atom. The fourth-order valence-corrected chi connectivity index (χ4v) is 3.13. The number of hydrogen-bond acceptors (Lipinski definition) is 8. The molecule has 0 aromatic carbocycles. The number of ether oxygens (including phenoxy) is 1. The lowest BCUT2D eigenvalue weighted by Gasteiger charge is -2.32. The molecular formula is C18H18B3N7O3. The Labute approximate surface area is 182 Å². The summed E-state index contributed by atoms with van der Waals surface area (Å²) in [5.74, 6) is 0.667. The highest BCUT2D eigenvalue weighted by Crippen LogP contribution is 2.28. The molecule has 3 heterocycles. The lowest BCUT2D eigenvalue weighted by atomic mass is 9.52. The van der Waals surface area contributed by atoms with Crippen LogP contribution in [-0.4, -0.2) is 78.6 Å². The summed E-state index contributed by atoms with van der Waals surface area (Å²) in [6.07, 6.45) is 3.78. The van der Waals surface area contributed by atoms with E-state index in [1.54, 1.807) is 25.2 Å². The minimum Gasteiger partial charge on any atom is -0.499 e. The van der Waals surface area contributed by atoms with Gasteiger partial charge in [0, 0.05) is 19.3 Å². The summed E-state index contributed by atoms with van der Waals surface area (Å²) in [5.41, 5.74) is 1.000. The molecule has 10 nitrogen and oxygen atoms in total. The van der Waals surface area contributed by atoms with Crippen molar-refractivity contribution in [2.24, 2.45) is 0 Å². The Bertz CT molecular complexity index is 1120. The van der Waals surface area contributed by atoms with Crippen LogP contribution < -0.4 is 20.7 Å². The van der Waals surface area contributed by atoms with E-state index in [-0.39, 0.29) is 23.4 Å². The fourth-order valence-electron chi connectivity index (χ4n) is 3.13. The maximum absolute atomic E-state index is 12.7. The molecule has 152 valence electrons. The zero-order valence-electron chi connectivity index (χ0n) is 16.7. The van der Waals surface area contributed by atoms with Gasteiger partial charge in [0.25, 0.3) is 5.91 Å². The quantitative estimate of drug-likeness (QED) is 0.388. The molecule has 13 heteroatoms. The molecule has 4 rings (SSSR count). The highest BCUT2D eigenvalue weighted by atomic mass is 16.5. The van der Waals surface area contributed by atoms with Crippen LogP contribution in [0.15, 0.2) is 30.6 Å². The molecule has 1 amide bonds. The number of anilines is 3. The van der Waals surface area contributed by atoms with Crippen LogP contribution in [0.25, 0.3) is 5.65 Å². The second-order valence-electron chi connectivity index (χ2n) is 7.23.